The van der Waals surface area contributed by atoms with Gasteiger partial charge in [0.2, 0.25) is 18.4 Å². The number of carbonyl (C=O) groups is 1. The third-order valence-electron chi connectivity index (χ3n) is 9.04. The van der Waals surface area contributed by atoms with Crippen molar-refractivity contribution >= 4 is 5.91 Å². The van der Waals surface area contributed by atoms with Crippen molar-refractivity contribution in [1.29, 1.82) is 0 Å². The number of hydrogen-bond donors (Lipinski definition) is 2. The lowest BCUT2D eigenvalue weighted by Gasteiger charge is -2.44. The second-order valence-corrected chi connectivity index (χ2v) is 11.3. The zero-order valence-electron chi connectivity index (χ0n) is 25.0. The topological polar surface area (TPSA) is 110 Å². The average Bonchev–Trinajstić information content (AvgIpc) is 3.52. The van der Waals surface area contributed by atoms with Gasteiger partial charge in [0.15, 0.2) is 23.0 Å². The number of rotatable bonds is 8. The maximum Gasteiger partial charge on any atom is 0.231 e. The summed E-state index contributed by atoms with van der Waals surface area (Å²) in [7, 11) is 4.57. The molecule has 3 aliphatic rings. The Bertz CT molecular complexity index is 1500. The summed E-state index contributed by atoms with van der Waals surface area (Å²) in [6, 6.07) is 13.9. The molecule has 0 spiro atoms. The maximum atomic E-state index is 14.5. The van der Waals surface area contributed by atoms with Crippen LogP contribution in [0, 0.1) is 17.7 Å². The molecule has 2 N–H and O–H groups in total. The number of nitrogens with zero attached hydrogens (tertiary/aromatic N) is 2. The van der Waals surface area contributed by atoms with Crippen molar-refractivity contribution in [2.45, 2.75) is 18.6 Å². The van der Waals surface area contributed by atoms with Gasteiger partial charge >= 0.3 is 0 Å². The summed E-state index contributed by atoms with van der Waals surface area (Å²) in [6.45, 7) is 2.05. The minimum atomic E-state index is -1.13. The Labute approximate surface area is 255 Å². The lowest BCUT2D eigenvalue weighted by atomic mass is 9.64. The molecule has 234 valence electrons. The molecule has 2 heterocycles. The van der Waals surface area contributed by atoms with Gasteiger partial charge in [-0.15, -0.1) is 0 Å². The maximum absolute atomic E-state index is 14.5. The molecule has 0 aromatic heterocycles. The molecular formula is C33H37FN2O8. The van der Waals surface area contributed by atoms with Crippen LogP contribution in [0.3, 0.4) is 0 Å². The fraction of sp³-hybridized carbons (Fsp3) is 0.424. The van der Waals surface area contributed by atoms with Crippen LogP contribution in [0.4, 0.5) is 4.39 Å². The molecule has 3 aromatic carbocycles. The van der Waals surface area contributed by atoms with Crippen LogP contribution in [0.2, 0.25) is 0 Å². The third-order valence-corrected chi connectivity index (χ3v) is 9.04. The first-order chi connectivity index (χ1) is 21.4. The van der Waals surface area contributed by atoms with E-state index in [4.69, 9.17) is 23.7 Å². The summed E-state index contributed by atoms with van der Waals surface area (Å²) >= 11 is 0. The first kappa shape index (κ1) is 30.0. The number of aliphatic hydroxyl groups excluding tert-OH is 2. The Morgan fingerprint density at radius 2 is 1.57 bits per heavy atom. The van der Waals surface area contributed by atoms with E-state index >= 15 is 0 Å². The molecule has 0 bridgehead atoms. The number of hydrogen-bond acceptors (Lipinski definition) is 9. The lowest BCUT2D eigenvalue weighted by molar-refractivity contribution is -0.144. The standard InChI is InChI=1S/C33H37FN2O8/c1-40-27-12-20(13-28(41-2)32(27)42-3)29-21-14-25-26(44-18-43-25)15-22(21)31(38)23(17-37)30(29)33(39)36-10-8-35(9-11-36)16-19-6-4-5-7-24(19)34/h4-7,12-15,23,29-31,37-38H,8-11,16-18H2,1-3H3. The summed E-state index contributed by atoms with van der Waals surface area (Å²) in [4.78, 5) is 18.4. The van der Waals surface area contributed by atoms with Crippen LogP contribution in [-0.4, -0.2) is 86.8 Å². The second kappa shape index (κ2) is 12.5. The summed E-state index contributed by atoms with van der Waals surface area (Å²) < 4.78 is 42.4. The van der Waals surface area contributed by atoms with E-state index in [1.165, 1.54) is 27.4 Å². The van der Waals surface area contributed by atoms with Crippen LogP contribution in [-0.2, 0) is 11.3 Å². The van der Waals surface area contributed by atoms with Gasteiger partial charge in [-0.2, -0.15) is 0 Å². The van der Waals surface area contributed by atoms with E-state index in [2.05, 4.69) is 4.90 Å². The third kappa shape index (κ3) is 5.29. The molecule has 1 fully saturated rings. The van der Waals surface area contributed by atoms with E-state index in [-0.39, 0.29) is 18.5 Å². The molecule has 3 aromatic rings. The Balaban J connectivity index is 1.38. The molecule has 2 aliphatic heterocycles. The zero-order chi connectivity index (χ0) is 31.0. The number of ether oxygens (including phenoxy) is 5. The van der Waals surface area contributed by atoms with Crippen molar-refractivity contribution in [2.24, 2.45) is 11.8 Å². The predicted molar refractivity (Wildman–Crippen MR) is 158 cm³/mol. The number of carbonyl (C=O) groups excluding carboxylic acids is 1. The van der Waals surface area contributed by atoms with Crippen molar-refractivity contribution in [3.8, 4) is 28.7 Å². The van der Waals surface area contributed by atoms with Gasteiger partial charge in [0, 0.05) is 56.7 Å². The molecule has 44 heavy (non-hydrogen) atoms. The van der Waals surface area contributed by atoms with Crippen molar-refractivity contribution in [2.75, 3.05) is 60.9 Å². The van der Waals surface area contributed by atoms with E-state index in [0.717, 1.165) is 0 Å². The molecule has 10 nitrogen and oxygen atoms in total. The molecular weight excluding hydrogens is 571 g/mol. The van der Waals surface area contributed by atoms with Crippen molar-refractivity contribution in [3.63, 3.8) is 0 Å². The molecule has 4 unspecified atom stereocenters. The van der Waals surface area contributed by atoms with Gasteiger partial charge in [0.25, 0.3) is 0 Å². The van der Waals surface area contributed by atoms with Gasteiger partial charge in [-0.05, 0) is 47.0 Å². The van der Waals surface area contributed by atoms with E-state index in [0.29, 0.717) is 83.7 Å². The summed E-state index contributed by atoms with van der Waals surface area (Å²) in [5.41, 5.74) is 2.56. The molecule has 1 aliphatic carbocycles. The van der Waals surface area contributed by atoms with E-state index in [1.807, 2.05) is 12.1 Å². The van der Waals surface area contributed by atoms with E-state index in [1.54, 1.807) is 35.2 Å². The van der Waals surface area contributed by atoms with Gasteiger partial charge in [0.1, 0.15) is 5.82 Å². The van der Waals surface area contributed by atoms with Gasteiger partial charge in [-0.3, -0.25) is 9.69 Å². The molecule has 4 atom stereocenters. The molecule has 1 amide bonds. The molecule has 11 heteroatoms. The number of benzene rings is 3. The highest BCUT2D eigenvalue weighted by atomic mass is 19.1. The summed E-state index contributed by atoms with van der Waals surface area (Å²) in [6.07, 6.45) is -1.13. The van der Waals surface area contributed by atoms with Crippen LogP contribution in [0.1, 0.15) is 34.3 Å². The Morgan fingerprint density at radius 3 is 2.16 bits per heavy atom. The van der Waals surface area contributed by atoms with Crippen LogP contribution in [0.25, 0.3) is 0 Å². The van der Waals surface area contributed by atoms with Crippen LogP contribution >= 0.6 is 0 Å². The Hall–Kier alpha value is -4.06. The number of piperazine rings is 1. The quantitative estimate of drug-likeness (QED) is 0.398. The highest BCUT2D eigenvalue weighted by Crippen LogP contribution is 2.54. The smallest absolute Gasteiger partial charge is 0.231 e. The van der Waals surface area contributed by atoms with E-state index < -0.39 is 30.5 Å². The second-order valence-electron chi connectivity index (χ2n) is 11.3. The normalized spacial score (nSPS) is 22.8. The Morgan fingerprint density at radius 1 is 0.932 bits per heavy atom. The lowest BCUT2D eigenvalue weighted by Crippen LogP contribution is -2.53. The largest absolute Gasteiger partial charge is 0.493 e. The number of amides is 1. The summed E-state index contributed by atoms with van der Waals surface area (Å²) in [5, 5.41) is 22.3. The monoisotopic (exact) mass is 608 g/mol. The van der Waals surface area contributed by atoms with Gasteiger partial charge < -0.3 is 38.8 Å². The highest BCUT2D eigenvalue weighted by Gasteiger charge is 2.49. The van der Waals surface area contributed by atoms with Crippen LogP contribution < -0.4 is 23.7 Å². The fourth-order valence-electron chi connectivity index (χ4n) is 6.78. The molecule has 0 radical (unpaired) electrons. The fourth-order valence-corrected chi connectivity index (χ4v) is 6.78. The minimum absolute atomic E-state index is 0.0477. The van der Waals surface area contributed by atoms with Crippen LogP contribution in [0.15, 0.2) is 48.5 Å². The minimum Gasteiger partial charge on any atom is -0.493 e. The molecule has 1 saturated heterocycles. The van der Waals surface area contributed by atoms with Gasteiger partial charge in [-0.1, -0.05) is 18.2 Å². The SMILES string of the molecule is COc1cc(C2c3cc4c(cc3C(O)C(CO)C2C(=O)N2CCN(Cc3ccccc3F)CC2)OCO4)cc(OC)c1OC. The number of halogens is 1. The number of methoxy groups -OCH3 is 3. The van der Waals surface area contributed by atoms with Crippen molar-refractivity contribution in [3.05, 3.63) is 76.6 Å². The summed E-state index contributed by atoms with van der Waals surface area (Å²) in [5.74, 6) is -0.405. The average molecular weight is 609 g/mol. The van der Waals surface area contributed by atoms with Gasteiger partial charge in [-0.25, -0.2) is 4.39 Å². The van der Waals surface area contributed by atoms with Crippen molar-refractivity contribution < 1.29 is 43.1 Å². The van der Waals surface area contributed by atoms with Gasteiger partial charge in [0.05, 0.1) is 33.4 Å². The van der Waals surface area contributed by atoms with Crippen LogP contribution in [0.5, 0.6) is 28.7 Å². The molecule has 0 saturated carbocycles. The highest BCUT2D eigenvalue weighted by molar-refractivity contribution is 5.82. The predicted octanol–water partition coefficient (Wildman–Crippen LogP) is 3.33. The number of aliphatic hydroxyl groups is 2. The first-order valence-corrected chi connectivity index (χ1v) is 14.6. The van der Waals surface area contributed by atoms with E-state index in [9.17, 15) is 19.4 Å². The van der Waals surface area contributed by atoms with Crippen molar-refractivity contribution in [1.82, 2.24) is 9.80 Å². The molecule has 6 rings (SSSR count). The Kier molecular flexibility index (Phi) is 8.53. The zero-order valence-corrected chi connectivity index (χ0v) is 25.0. The first-order valence-electron chi connectivity index (χ1n) is 14.6. The number of fused-ring (bicyclic) bond motifs is 2.